The standard InChI is InChI=1S/C13H20N2O3/c1-8-7-10(3)15-13(18)11(8)12(17)14-9(2)5-4-6-16/h7,9,16H,4-6H2,1-3H3,(H,14,17)(H,15,18). The highest BCUT2D eigenvalue weighted by Gasteiger charge is 2.16. The van der Waals surface area contributed by atoms with Gasteiger partial charge in [-0.3, -0.25) is 9.59 Å². The van der Waals surface area contributed by atoms with E-state index in [9.17, 15) is 9.59 Å². The van der Waals surface area contributed by atoms with Crippen molar-refractivity contribution in [1.82, 2.24) is 10.3 Å². The second kappa shape index (κ2) is 6.35. The van der Waals surface area contributed by atoms with Gasteiger partial charge in [-0.1, -0.05) is 0 Å². The normalized spacial score (nSPS) is 12.2. The maximum absolute atomic E-state index is 12.0. The van der Waals surface area contributed by atoms with Gasteiger partial charge in [0.15, 0.2) is 0 Å². The molecule has 18 heavy (non-hydrogen) atoms. The molecule has 0 bridgehead atoms. The molecule has 0 saturated carbocycles. The zero-order chi connectivity index (χ0) is 13.7. The van der Waals surface area contributed by atoms with Gasteiger partial charge >= 0.3 is 0 Å². The largest absolute Gasteiger partial charge is 0.396 e. The lowest BCUT2D eigenvalue weighted by molar-refractivity contribution is 0.0934. The van der Waals surface area contributed by atoms with Crippen LogP contribution in [0.3, 0.4) is 0 Å². The molecule has 0 spiro atoms. The second-order valence-electron chi connectivity index (χ2n) is 4.58. The van der Waals surface area contributed by atoms with Crippen molar-refractivity contribution in [3.8, 4) is 0 Å². The van der Waals surface area contributed by atoms with Crippen LogP contribution in [0.2, 0.25) is 0 Å². The first kappa shape index (κ1) is 14.4. The number of amides is 1. The molecule has 3 N–H and O–H groups in total. The highest BCUT2D eigenvalue weighted by Crippen LogP contribution is 2.04. The Morgan fingerprint density at radius 1 is 1.50 bits per heavy atom. The maximum Gasteiger partial charge on any atom is 0.261 e. The van der Waals surface area contributed by atoms with Gasteiger partial charge in [0.1, 0.15) is 5.56 Å². The summed E-state index contributed by atoms with van der Waals surface area (Å²) < 4.78 is 0. The summed E-state index contributed by atoms with van der Waals surface area (Å²) in [6, 6.07) is 1.71. The first-order valence-electron chi connectivity index (χ1n) is 6.08. The van der Waals surface area contributed by atoms with E-state index in [-0.39, 0.29) is 29.7 Å². The Bertz CT molecular complexity index is 480. The molecule has 5 nitrogen and oxygen atoms in total. The molecule has 0 aliphatic heterocycles. The summed E-state index contributed by atoms with van der Waals surface area (Å²) in [7, 11) is 0. The number of aliphatic hydroxyl groups excluding tert-OH is 1. The highest BCUT2D eigenvalue weighted by atomic mass is 16.3. The molecular weight excluding hydrogens is 232 g/mol. The molecular formula is C13H20N2O3. The van der Waals surface area contributed by atoms with Gasteiger partial charge in [-0.15, -0.1) is 0 Å². The van der Waals surface area contributed by atoms with Gasteiger partial charge in [-0.05, 0) is 45.2 Å². The number of hydrogen-bond acceptors (Lipinski definition) is 3. The third kappa shape index (κ3) is 3.70. The lowest BCUT2D eigenvalue weighted by Crippen LogP contribution is -2.36. The smallest absolute Gasteiger partial charge is 0.261 e. The Morgan fingerprint density at radius 3 is 2.72 bits per heavy atom. The second-order valence-corrected chi connectivity index (χ2v) is 4.58. The molecule has 0 radical (unpaired) electrons. The fraction of sp³-hybridized carbons (Fsp3) is 0.538. The van der Waals surface area contributed by atoms with Gasteiger partial charge in [-0.2, -0.15) is 0 Å². The molecule has 0 aliphatic rings. The van der Waals surface area contributed by atoms with Crippen molar-refractivity contribution >= 4 is 5.91 Å². The third-order valence-electron chi connectivity index (χ3n) is 2.76. The number of aliphatic hydroxyl groups is 1. The number of aromatic nitrogens is 1. The van der Waals surface area contributed by atoms with Crippen LogP contribution in [-0.2, 0) is 0 Å². The van der Waals surface area contributed by atoms with E-state index < -0.39 is 0 Å². The maximum atomic E-state index is 12.0. The van der Waals surface area contributed by atoms with Gasteiger partial charge in [0.05, 0.1) is 0 Å². The van der Waals surface area contributed by atoms with E-state index in [2.05, 4.69) is 10.3 Å². The first-order valence-corrected chi connectivity index (χ1v) is 6.08. The summed E-state index contributed by atoms with van der Waals surface area (Å²) in [6.07, 6.45) is 1.32. The first-order chi connectivity index (χ1) is 8.45. The molecule has 0 fully saturated rings. The van der Waals surface area contributed by atoms with Crippen LogP contribution in [0.4, 0.5) is 0 Å². The predicted octanol–water partition coefficient (Wildman–Crippen LogP) is 0.883. The highest BCUT2D eigenvalue weighted by molar-refractivity contribution is 5.95. The van der Waals surface area contributed by atoms with Crippen LogP contribution in [0.1, 0.15) is 41.4 Å². The molecule has 1 amide bonds. The van der Waals surface area contributed by atoms with Crippen molar-refractivity contribution in [3.63, 3.8) is 0 Å². The van der Waals surface area contributed by atoms with Crippen molar-refractivity contribution in [2.24, 2.45) is 0 Å². The molecule has 1 atom stereocenters. The molecule has 0 aliphatic carbocycles. The van der Waals surface area contributed by atoms with Gasteiger partial charge in [0, 0.05) is 18.3 Å². The Hall–Kier alpha value is -1.62. The monoisotopic (exact) mass is 252 g/mol. The SMILES string of the molecule is Cc1cc(C)c(C(=O)NC(C)CCCO)c(=O)[nH]1. The number of H-pyrrole nitrogens is 1. The number of rotatable bonds is 5. The van der Waals surface area contributed by atoms with Crippen molar-refractivity contribution in [1.29, 1.82) is 0 Å². The number of aryl methyl sites for hydroxylation is 2. The molecule has 1 unspecified atom stereocenters. The minimum atomic E-state index is -0.362. The van der Waals surface area contributed by atoms with Crippen molar-refractivity contribution in [2.45, 2.75) is 39.7 Å². The summed E-state index contributed by atoms with van der Waals surface area (Å²) in [5, 5.41) is 11.5. The van der Waals surface area contributed by atoms with Crippen LogP contribution in [-0.4, -0.2) is 28.6 Å². The molecule has 1 heterocycles. The third-order valence-corrected chi connectivity index (χ3v) is 2.76. The van der Waals surface area contributed by atoms with Crippen LogP contribution in [0.25, 0.3) is 0 Å². The van der Waals surface area contributed by atoms with E-state index in [0.717, 1.165) is 5.69 Å². The molecule has 1 aromatic rings. The number of nitrogens with one attached hydrogen (secondary N) is 2. The molecule has 1 aromatic heterocycles. The summed E-state index contributed by atoms with van der Waals surface area (Å²) in [6.45, 7) is 5.48. The van der Waals surface area contributed by atoms with Gasteiger partial charge < -0.3 is 15.4 Å². The Labute approximate surface area is 106 Å². The average Bonchev–Trinajstić information content (AvgIpc) is 2.24. The molecule has 0 aromatic carbocycles. The van der Waals surface area contributed by atoms with Crippen LogP contribution in [0.15, 0.2) is 10.9 Å². The van der Waals surface area contributed by atoms with Gasteiger partial charge in [0.25, 0.3) is 11.5 Å². The van der Waals surface area contributed by atoms with E-state index in [4.69, 9.17) is 5.11 Å². The van der Waals surface area contributed by atoms with Gasteiger partial charge in [0.2, 0.25) is 0 Å². The zero-order valence-corrected chi connectivity index (χ0v) is 11.0. The summed E-state index contributed by atoms with van der Waals surface area (Å²) in [4.78, 5) is 26.3. The predicted molar refractivity (Wildman–Crippen MR) is 69.8 cm³/mol. The summed E-state index contributed by atoms with van der Waals surface area (Å²) in [5.74, 6) is -0.362. The lowest BCUT2D eigenvalue weighted by Gasteiger charge is -2.14. The van der Waals surface area contributed by atoms with E-state index >= 15 is 0 Å². The van der Waals surface area contributed by atoms with Crippen LogP contribution in [0.5, 0.6) is 0 Å². The summed E-state index contributed by atoms with van der Waals surface area (Å²) >= 11 is 0. The van der Waals surface area contributed by atoms with E-state index in [1.807, 2.05) is 6.92 Å². The van der Waals surface area contributed by atoms with Crippen molar-refractivity contribution in [3.05, 3.63) is 33.2 Å². The van der Waals surface area contributed by atoms with Gasteiger partial charge in [-0.25, -0.2) is 0 Å². The van der Waals surface area contributed by atoms with Crippen molar-refractivity contribution < 1.29 is 9.90 Å². The molecule has 0 saturated heterocycles. The van der Waals surface area contributed by atoms with Crippen LogP contribution in [0, 0.1) is 13.8 Å². The number of carbonyl (C=O) groups excluding carboxylic acids is 1. The number of hydrogen-bond donors (Lipinski definition) is 3. The van der Waals surface area contributed by atoms with Crippen LogP contribution < -0.4 is 10.9 Å². The topological polar surface area (TPSA) is 82.2 Å². The number of aromatic amines is 1. The lowest BCUT2D eigenvalue weighted by atomic mass is 10.1. The van der Waals surface area contributed by atoms with E-state index in [1.54, 1.807) is 19.9 Å². The fourth-order valence-electron chi connectivity index (χ4n) is 1.90. The Balaban J connectivity index is 2.82. The average molecular weight is 252 g/mol. The molecule has 1 rings (SSSR count). The fourth-order valence-corrected chi connectivity index (χ4v) is 1.90. The van der Waals surface area contributed by atoms with Crippen LogP contribution >= 0.6 is 0 Å². The molecule has 5 heteroatoms. The quantitative estimate of drug-likeness (QED) is 0.727. The summed E-state index contributed by atoms with van der Waals surface area (Å²) in [5.41, 5.74) is 1.21. The van der Waals surface area contributed by atoms with E-state index in [1.165, 1.54) is 0 Å². The Kier molecular flexibility index (Phi) is 5.09. The number of pyridine rings is 1. The minimum Gasteiger partial charge on any atom is -0.396 e. The number of carbonyl (C=O) groups is 1. The molecule has 100 valence electrons. The Morgan fingerprint density at radius 2 is 2.17 bits per heavy atom. The zero-order valence-electron chi connectivity index (χ0n) is 11.0. The van der Waals surface area contributed by atoms with E-state index in [0.29, 0.717) is 18.4 Å². The minimum absolute atomic E-state index is 0.0650. The van der Waals surface area contributed by atoms with Crippen molar-refractivity contribution in [2.75, 3.05) is 6.61 Å².